The van der Waals surface area contributed by atoms with Crippen molar-refractivity contribution in [3.8, 4) is 0 Å². The van der Waals surface area contributed by atoms with Crippen molar-refractivity contribution in [2.75, 3.05) is 13.7 Å². The first-order chi connectivity index (χ1) is 7.45. The van der Waals surface area contributed by atoms with Gasteiger partial charge in [-0.3, -0.25) is 4.79 Å². The Hall–Kier alpha value is -1.85. The van der Waals surface area contributed by atoms with E-state index in [0.717, 1.165) is 12.2 Å². The van der Waals surface area contributed by atoms with Crippen LogP contribution in [0.4, 0.5) is 0 Å². The van der Waals surface area contributed by atoms with E-state index in [2.05, 4.69) is 10.1 Å². The molecule has 1 amide bonds. The fraction of sp³-hybridized carbons (Fsp3) is 0.500. The van der Waals surface area contributed by atoms with Crippen LogP contribution >= 0.6 is 0 Å². The molecule has 0 saturated carbocycles. The molecule has 0 aliphatic heterocycles. The Morgan fingerprint density at radius 2 is 1.81 bits per heavy atom. The molecule has 0 saturated heterocycles. The number of hydrogen-bond donors (Lipinski definition) is 1. The lowest BCUT2D eigenvalue weighted by Gasteiger charge is -2.11. The molecule has 6 heteroatoms. The predicted octanol–water partition coefficient (Wildman–Crippen LogP) is -0.217. The Morgan fingerprint density at radius 1 is 1.25 bits per heavy atom. The van der Waals surface area contributed by atoms with Gasteiger partial charge in [0.1, 0.15) is 6.61 Å². The zero-order valence-corrected chi connectivity index (χ0v) is 9.48. The highest BCUT2D eigenvalue weighted by atomic mass is 16.5. The molecule has 0 aliphatic rings. The zero-order chi connectivity index (χ0) is 12.6. The van der Waals surface area contributed by atoms with Gasteiger partial charge in [0.05, 0.1) is 13.2 Å². The van der Waals surface area contributed by atoms with Crippen molar-refractivity contribution < 1.29 is 23.9 Å². The first kappa shape index (κ1) is 14.2. The Morgan fingerprint density at radius 3 is 2.31 bits per heavy atom. The maximum atomic E-state index is 11.0. The molecular formula is C10H15NO5. The lowest BCUT2D eigenvalue weighted by molar-refractivity contribution is -0.140. The minimum atomic E-state index is -0.664. The first-order valence-corrected chi connectivity index (χ1v) is 4.65. The van der Waals surface area contributed by atoms with E-state index >= 15 is 0 Å². The summed E-state index contributed by atoms with van der Waals surface area (Å²) >= 11 is 0. The Kier molecular flexibility index (Phi) is 6.58. The SMILES string of the molecule is COC(=O)/C=C/C(=O)OC[C@@H](C)NC(C)=O. The van der Waals surface area contributed by atoms with Gasteiger partial charge in [0, 0.05) is 19.1 Å². The molecule has 90 valence electrons. The standard InChI is InChI=1S/C10H15NO5/c1-7(11-8(2)12)6-16-10(14)5-4-9(13)15-3/h4-5,7H,6H2,1-3H3,(H,11,12)/b5-4+/t7-/m1/s1. The Bertz CT molecular complexity index is 298. The molecule has 1 N–H and O–H groups in total. The van der Waals surface area contributed by atoms with Gasteiger partial charge in [0.25, 0.3) is 0 Å². The summed E-state index contributed by atoms with van der Waals surface area (Å²) in [5.74, 6) is -1.50. The van der Waals surface area contributed by atoms with Gasteiger partial charge in [-0.25, -0.2) is 9.59 Å². The van der Waals surface area contributed by atoms with Crippen LogP contribution in [0.3, 0.4) is 0 Å². The lowest BCUT2D eigenvalue weighted by atomic mass is 10.3. The van der Waals surface area contributed by atoms with Crippen LogP contribution in [0, 0.1) is 0 Å². The van der Waals surface area contributed by atoms with Crippen molar-refractivity contribution in [2.45, 2.75) is 19.9 Å². The highest BCUT2D eigenvalue weighted by Crippen LogP contribution is 1.88. The summed E-state index contributed by atoms with van der Waals surface area (Å²) in [5.41, 5.74) is 0. The quantitative estimate of drug-likeness (QED) is 0.520. The molecule has 0 rings (SSSR count). The summed E-state index contributed by atoms with van der Waals surface area (Å²) in [6.45, 7) is 3.11. The third-order valence-electron chi connectivity index (χ3n) is 1.48. The number of esters is 2. The van der Waals surface area contributed by atoms with Crippen LogP contribution in [-0.4, -0.2) is 37.6 Å². The van der Waals surface area contributed by atoms with E-state index in [9.17, 15) is 14.4 Å². The van der Waals surface area contributed by atoms with E-state index in [1.165, 1.54) is 14.0 Å². The number of carbonyl (C=O) groups is 3. The largest absolute Gasteiger partial charge is 0.466 e. The molecule has 0 aromatic carbocycles. The van der Waals surface area contributed by atoms with Crippen LogP contribution in [-0.2, 0) is 23.9 Å². The second kappa shape index (κ2) is 7.44. The van der Waals surface area contributed by atoms with Crippen LogP contribution in [0.25, 0.3) is 0 Å². The van der Waals surface area contributed by atoms with E-state index < -0.39 is 11.9 Å². The van der Waals surface area contributed by atoms with Gasteiger partial charge in [0.15, 0.2) is 0 Å². The third-order valence-corrected chi connectivity index (χ3v) is 1.48. The highest BCUT2D eigenvalue weighted by molar-refractivity contribution is 5.91. The molecule has 0 heterocycles. The summed E-state index contributed by atoms with van der Waals surface area (Å²) < 4.78 is 9.04. The minimum absolute atomic E-state index is 0.0456. The van der Waals surface area contributed by atoms with Crippen molar-refractivity contribution in [3.63, 3.8) is 0 Å². The van der Waals surface area contributed by atoms with E-state index in [1.807, 2.05) is 0 Å². The second-order valence-electron chi connectivity index (χ2n) is 3.09. The summed E-state index contributed by atoms with van der Waals surface area (Å²) in [7, 11) is 1.21. The normalized spacial score (nSPS) is 11.9. The minimum Gasteiger partial charge on any atom is -0.466 e. The van der Waals surface area contributed by atoms with Gasteiger partial charge >= 0.3 is 11.9 Å². The summed E-state index contributed by atoms with van der Waals surface area (Å²) in [6, 6.07) is -0.270. The molecule has 16 heavy (non-hydrogen) atoms. The highest BCUT2D eigenvalue weighted by Gasteiger charge is 2.06. The smallest absolute Gasteiger partial charge is 0.331 e. The van der Waals surface area contributed by atoms with Crippen LogP contribution in [0.15, 0.2) is 12.2 Å². The van der Waals surface area contributed by atoms with Gasteiger partial charge in [-0.2, -0.15) is 0 Å². The van der Waals surface area contributed by atoms with Crippen molar-refractivity contribution >= 4 is 17.8 Å². The summed E-state index contributed by atoms with van der Waals surface area (Å²) in [6.07, 6.45) is 1.93. The molecule has 0 aromatic heterocycles. The maximum absolute atomic E-state index is 11.0. The molecule has 6 nitrogen and oxygen atoms in total. The summed E-state index contributed by atoms with van der Waals surface area (Å²) in [5, 5.41) is 2.54. The molecule has 0 bridgehead atoms. The van der Waals surface area contributed by atoms with Crippen molar-refractivity contribution in [1.82, 2.24) is 5.32 Å². The number of carbonyl (C=O) groups excluding carboxylic acids is 3. The topological polar surface area (TPSA) is 81.7 Å². The third kappa shape index (κ3) is 7.54. The molecule has 0 fully saturated rings. The van der Waals surface area contributed by atoms with Gasteiger partial charge in [-0.15, -0.1) is 0 Å². The number of ether oxygens (including phenoxy) is 2. The average Bonchev–Trinajstić information content (AvgIpc) is 2.22. The van der Waals surface area contributed by atoms with Crippen LogP contribution in [0.5, 0.6) is 0 Å². The molecule has 0 unspecified atom stereocenters. The van der Waals surface area contributed by atoms with E-state index in [1.54, 1.807) is 6.92 Å². The van der Waals surface area contributed by atoms with Crippen LogP contribution in [0.1, 0.15) is 13.8 Å². The number of amides is 1. The molecule has 0 spiro atoms. The predicted molar refractivity (Wildman–Crippen MR) is 55.4 cm³/mol. The van der Waals surface area contributed by atoms with Crippen molar-refractivity contribution in [1.29, 1.82) is 0 Å². The zero-order valence-electron chi connectivity index (χ0n) is 9.48. The summed E-state index contributed by atoms with van der Waals surface area (Å²) in [4.78, 5) is 32.3. The number of nitrogens with one attached hydrogen (secondary N) is 1. The lowest BCUT2D eigenvalue weighted by Crippen LogP contribution is -2.34. The van der Waals surface area contributed by atoms with Crippen molar-refractivity contribution in [2.24, 2.45) is 0 Å². The fourth-order valence-corrected chi connectivity index (χ4v) is 0.848. The Labute approximate surface area is 93.6 Å². The van der Waals surface area contributed by atoms with E-state index in [-0.39, 0.29) is 18.6 Å². The van der Waals surface area contributed by atoms with Crippen molar-refractivity contribution in [3.05, 3.63) is 12.2 Å². The maximum Gasteiger partial charge on any atom is 0.331 e. The number of rotatable bonds is 5. The number of hydrogen-bond acceptors (Lipinski definition) is 5. The Balaban J connectivity index is 3.85. The molecule has 0 aliphatic carbocycles. The molecule has 0 radical (unpaired) electrons. The second-order valence-corrected chi connectivity index (χ2v) is 3.09. The van der Waals surface area contributed by atoms with Crippen LogP contribution in [0.2, 0.25) is 0 Å². The van der Waals surface area contributed by atoms with Gasteiger partial charge in [-0.05, 0) is 6.92 Å². The van der Waals surface area contributed by atoms with E-state index in [0.29, 0.717) is 0 Å². The van der Waals surface area contributed by atoms with E-state index in [4.69, 9.17) is 4.74 Å². The average molecular weight is 229 g/mol. The fourth-order valence-electron chi connectivity index (χ4n) is 0.848. The number of methoxy groups -OCH3 is 1. The molecular weight excluding hydrogens is 214 g/mol. The van der Waals surface area contributed by atoms with Gasteiger partial charge < -0.3 is 14.8 Å². The first-order valence-electron chi connectivity index (χ1n) is 4.65. The van der Waals surface area contributed by atoms with Gasteiger partial charge in [-0.1, -0.05) is 0 Å². The molecule has 0 aromatic rings. The monoisotopic (exact) mass is 229 g/mol. The molecule has 1 atom stereocenters. The van der Waals surface area contributed by atoms with Crippen LogP contribution < -0.4 is 5.32 Å². The van der Waals surface area contributed by atoms with Gasteiger partial charge in [0.2, 0.25) is 5.91 Å².